The van der Waals surface area contributed by atoms with Crippen molar-refractivity contribution in [3.63, 3.8) is 0 Å². The maximum atomic E-state index is 5.26. The highest BCUT2D eigenvalue weighted by Gasteiger charge is 2.10. The van der Waals surface area contributed by atoms with Gasteiger partial charge in [-0.2, -0.15) is 0 Å². The topological polar surface area (TPSA) is 72.2 Å². The zero-order valence-corrected chi connectivity index (χ0v) is 9.73. The van der Waals surface area contributed by atoms with Crippen molar-refractivity contribution < 1.29 is 9.15 Å². The Labute approximate surface area is 99.0 Å². The Balaban J connectivity index is 2.14. The highest BCUT2D eigenvalue weighted by molar-refractivity contribution is 5.63. The van der Waals surface area contributed by atoms with Crippen LogP contribution < -0.4 is 15.4 Å². The largest absolute Gasteiger partial charge is 0.490 e. The van der Waals surface area contributed by atoms with E-state index in [1.807, 2.05) is 6.07 Å². The van der Waals surface area contributed by atoms with Gasteiger partial charge >= 0.3 is 0 Å². The van der Waals surface area contributed by atoms with Gasteiger partial charge in [0, 0.05) is 19.2 Å². The van der Waals surface area contributed by atoms with Crippen LogP contribution in [-0.4, -0.2) is 24.1 Å². The molecule has 90 valence electrons. The molecule has 0 aliphatic heterocycles. The van der Waals surface area contributed by atoms with Gasteiger partial charge in [0.15, 0.2) is 11.6 Å². The van der Waals surface area contributed by atoms with Crippen molar-refractivity contribution in [1.29, 1.82) is 0 Å². The standard InChI is InChI=1S/C11H14N4O2/c1-12-10-9(16-2)11(15-7-14-10)13-5-8-3-4-17-6-8/h3-4,6-7H,5H2,1-2H3,(H2,12,13,14,15). The summed E-state index contributed by atoms with van der Waals surface area (Å²) in [7, 11) is 3.37. The number of furan rings is 1. The highest BCUT2D eigenvalue weighted by atomic mass is 16.5. The van der Waals surface area contributed by atoms with Gasteiger partial charge in [-0.25, -0.2) is 9.97 Å². The second-order valence-corrected chi connectivity index (χ2v) is 3.34. The lowest BCUT2D eigenvalue weighted by Crippen LogP contribution is -2.06. The molecule has 0 unspecified atom stereocenters. The zero-order valence-electron chi connectivity index (χ0n) is 9.73. The average Bonchev–Trinajstić information content (AvgIpc) is 2.88. The molecular formula is C11H14N4O2. The Morgan fingerprint density at radius 3 is 2.82 bits per heavy atom. The number of nitrogens with one attached hydrogen (secondary N) is 2. The summed E-state index contributed by atoms with van der Waals surface area (Å²) in [6.07, 6.45) is 4.79. The number of anilines is 2. The molecule has 0 aliphatic rings. The van der Waals surface area contributed by atoms with E-state index in [0.717, 1.165) is 5.56 Å². The van der Waals surface area contributed by atoms with Gasteiger partial charge in [0.2, 0.25) is 5.75 Å². The lowest BCUT2D eigenvalue weighted by atomic mass is 10.3. The Hall–Kier alpha value is -2.24. The van der Waals surface area contributed by atoms with E-state index in [4.69, 9.17) is 9.15 Å². The molecule has 0 fully saturated rings. The number of ether oxygens (including phenoxy) is 1. The number of aromatic nitrogens is 2. The quantitative estimate of drug-likeness (QED) is 0.820. The van der Waals surface area contributed by atoms with Crippen molar-refractivity contribution in [1.82, 2.24) is 9.97 Å². The van der Waals surface area contributed by atoms with Crippen LogP contribution in [0.3, 0.4) is 0 Å². The minimum atomic E-state index is 0.596. The molecule has 0 amide bonds. The molecule has 2 aromatic heterocycles. The molecule has 0 aromatic carbocycles. The number of nitrogens with zero attached hydrogens (tertiary/aromatic N) is 2. The molecule has 0 bridgehead atoms. The van der Waals surface area contributed by atoms with Crippen LogP contribution in [-0.2, 0) is 6.54 Å². The number of hydrogen-bond donors (Lipinski definition) is 2. The van der Waals surface area contributed by atoms with Crippen LogP contribution in [0.25, 0.3) is 0 Å². The van der Waals surface area contributed by atoms with Gasteiger partial charge in [-0.15, -0.1) is 0 Å². The fourth-order valence-corrected chi connectivity index (χ4v) is 1.45. The maximum Gasteiger partial charge on any atom is 0.204 e. The second kappa shape index (κ2) is 5.20. The molecular weight excluding hydrogens is 220 g/mol. The minimum Gasteiger partial charge on any atom is -0.490 e. The summed E-state index contributed by atoms with van der Waals surface area (Å²) in [6, 6.07) is 1.89. The molecule has 0 saturated heterocycles. The first-order valence-corrected chi connectivity index (χ1v) is 5.17. The van der Waals surface area contributed by atoms with Gasteiger partial charge in [0.05, 0.1) is 19.6 Å². The van der Waals surface area contributed by atoms with Gasteiger partial charge in [-0.3, -0.25) is 0 Å². The van der Waals surface area contributed by atoms with Crippen molar-refractivity contribution in [2.45, 2.75) is 6.54 Å². The number of methoxy groups -OCH3 is 1. The van der Waals surface area contributed by atoms with Gasteiger partial charge < -0.3 is 19.8 Å². The van der Waals surface area contributed by atoms with Crippen LogP contribution in [0, 0.1) is 0 Å². The molecule has 0 radical (unpaired) electrons. The van der Waals surface area contributed by atoms with E-state index >= 15 is 0 Å². The summed E-state index contributed by atoms with van der Waals surface area (Å²) in [5.74, 6) is 1.89. The van der Waals surface area contributed by atoms with Gasteiger partial charge in [-0.1, -0.05) is 0 Å². The number of rotatable bonds is 5. The first kappa shape index (κ1) is 11.3. The van der Waals surface area contributed by atoms with Crippen molar-refractivity contribution in [2.75, 3.05) is 24.8 Å². The van der Waals surface area contributed by atoms with Crippen LogP contribution in [0.1, 0.15) is 5.56 Å². The highest BCUT2D eigenvalue weighted by Crippen LogP contribution is 2.28. The van der Waals surface area contributed by atoms with Crippen molar-refractivity contribution in [2.24, 2.45) is 0 Å². The summed E-state index contributed by atoms with van der Waals surface area (Å²) < 4.78 is 10.3. The molecule has 2 rings (SSSR count). The summed E-state index contributed by atoms with van der Waals surface area (Å²) in [6.45, 7) is 0.618. The van der Waals surface area contributed by atoms with E-state index in [-0.39, 0.29) is 0 Å². The Morgan fingerprint density at radius 2 is 2.18 bits per heavy atom. The molecule has 0 spiro atoms. The van der Waals surface area contributed by atoms with Crippen LogP contribution in [0.2, 0.25) is 0 Å². The zero-order chi connectivity index (χ0) is 12.1. The van der Waals surface area contributed by atoms with Crippen molar-refractivity contribution >= 4 is 11.6 Å². The van der Waals surface area contributed by atoms with E-state index in [1.54, 1.807) is 26.7 Å². The summed E-state index contributed by atoms with van der Waals surface area (Å²) in [5, 5.41) is 6.11. The Morgan fingerprint density at radius 1 is 1.35 bits per heavy atom. The van der Waals surface area contributed by atoms with E-state index in [9.17, 15) is 0 Å². The molecule has 6 nitrogen and oxygen atoms in total. The molecule has 6 heteroatoms. The molecule has 17 heavy (non-hydrogen) atoms. The van der Waals surface area contributed by atoms with E-state index < -0.39 is 0 Å². The smallest absolute Gasteiger partial charge is 0.204 e. The van der Waals surface area contributed by atoms with Crippen molar-refractivity contribution in [3.05, 3.63) is 30.5 Å². The summed E-state index contributed by atoms with van der Waals surface area (Å²) >= 11 is 0. The van der Waals surface area contributed by atoms with Crippen LogP contribution in [0.5, 0.6) is 5.75 Å². The lowest BCUT2D eigenvalue weighted by molar-refractivity contribution is 0.415. The minimum absolute atomic E-state index is 0.596. The normalized spacial score (nSPS) is 10.0. The van der Waals surface area contributed by atoms with Crippen LogP contribution in [0.4, 0.5) is 11.6 Å². The van der Waals surface area contributed by atoms with Crippen LogP contribution >= 0.6 is 0 Å². The third-order valence-corrected chi connectivity index (χ3v) is 2.28. The third-order valence-electron chi connectivity index (χ3n) is 2.28. The monoisotopic (exact) mass is 234 g/mol. The molecule has 0 atom stereocenters. The van der Waals surface area contributed by atoms with Gasteiger partial charge in [-0.05, 0) is 6.07 Å². The predicted octanol–water partition coefficient (Wildman–Crippen LogP) is 1.73. The molecule has 0 saturated carbocycles. The first-order valence-electron chi connectivity index (χ1n) is 5.17. The average molecular weight is 234 g/mol. The van der Waals surface area contributed by atoms with Crippen LogP contribution in [0.15, 0.2) is 29.3 Å². The van der Waals surface area contributed by atoms with E-state index in [2.05, 4.69) is 20.6 Å². The molecule has 2 N–H and O–H groups in total. The summed E-state index contributed by atoms with van der Waals surface area (Å²) in [5.41, 5.74) is 1.04. The maximum absolute atomic E-state index is 5.26. The fraction of sp³-hybridized carbons (Fsp3) is 0.273. The number of hydrogen-bond acceptors (Lipinski definition) is 6. The van der Waals surface area contributed by atoms with Gasteiger partial charge in [0.25, 0.3) is 0 Å². The summed E-state index contributed by atoms with van der Waals surface area (Å²) in [4.78, 5) is 8.21. The third kappa shape index (κ3) is 2.47. The second-order valence-electron chi connectivity index (χ2n) is 3.34. The molecule has 0 aliphatic carbocycles. The molecule has 2 heterocycles. The fourth-order valence-electron chi connectivity index (χ4n) is 1.45. The lowest BCUT2D eigenvalue weighted by Gasteiger charge is -2.11. The van der Waals surface area contributed by atoms with Gasteiger partial charge in [0.1, 0.15) is 6.33 Å². The molecule has 2 aromatic rings. The SMILES string of the molecule is CNc1ncnc(NCc2ccoc2)c1OC. The Kier molecular flexibility index (Phi) is 3.44. The van der Waals surface area contributed by atoms with E-state index in [1.165, 1.54) is 6.33 Å². The predicted molar refractivity (Wildman–Crippen MR) is 64.2 cm³/mol. The Bertz CT molecular complexity index is 470. The first-order chi connectivity index (χ1) is 8.35. The van der Waals surface area contributed by atoms with E-state index in [0.29, 0.717) is 23.9 Å². The van der Waals surface area contributed by atoms with Crippen molar-refractivity contribution in [3.8, 4) is 5.75 Å².